The van der Waals surface area contributed by atoms with Gasteiger partial charge in [0.2, 0.25) is 5.91 Å². The molecule has 2 fully saturated rings. The van der Waals surface area contributed by atoms with Crippen LogP contribution in [-0.4, -0.2) is 66.0 Å². The van der Waals surface area contributed by atoms with Gasteiger partial charge in [0, 0.05) is 57.3 Å². The van der Waals surface area contributed by atoms with E-state index in [0.29, 0.717) is 48.5 Å². The third kappa shape index (κ3) is 6.82. The van der Waals surface area contributed by atoms with E-state index in [1.165, 1.54) is 12.1 Å². The first-order chi connectivity index (χ1) is 19.0. The first kappa shape index (κ1) is 29.5. The molecule has 0 atom stereocenters. The van der Waals surface area contributed by atoms with Crippen LogP contribution in [0, 0.1) is 22.0 Å². The predicted octanol–water partition coefficient (Wildman–Crippen LogP) is 4.92. The number of para-hydroxylation sites is 1. The Morgan fingerprint density at radius 1 is 1.05 bits per heavy atom. The van der Waals surface area contributed by atoms with Crippen LogP contribution < -0.4 is 20.4 Å². The molecule has 0 aromatic heterocycles. The molecule has 0 aliphatic carbocycles. The zero-order valence-electron chi connectivity index (χ0n) is 23.0. The van der Waals surface area contributed by atoms with E-state index in [9.17, 15) is 19.7 Å². The molecule has 2 aliphatic rings. The summed E-state index contributed by atoms with van der Waals surface area (Å²) >= 11 is 12.1. The number of anilines is 3. The molecule has 4 rings (SSSR count). The molecular weight excluding hydrogens is 552 g/mol. The largest absolute Gasteiger partial charge is 0.371 e. The normalized spacial score (nSPS) is 16.2. The summed E-state index contributed by atoms with van der Waals surface area (Å²) in [5.41, 5.74) is 2.03. The quantitative estimate of drug-likeness (QED) is 0.279. The molecule has 0 unspecified atom stereocenters. The Morgan fingerprint density at radius 2 is 1.73 bits per heavy atom. The van der Waals surface area contributed by atoms with E-state index in [1.807, 2.05) is 24.8 Å². The van der Waals surface area contributed by atoms with Gasteiger partial charge in [-0.05, 0) is 49.2 Å². The molecule has 2 aromatic carbocycles. The summed E-state index contributed by atoms with van der Waals surface area (Å²) in [7, 11) is 0. The van der Waals surface area contributed by atoms with Crippen LogP contribution in [0.25, 0.3) is 0 Å². The van der Waals surface area contributed by atoms with E-state index in [2.05, 4.69) is 27.4 Å². The van der Waals surface area contributed by atoms with Crippen molar-refractivity contribution in [1.82, 2.24) is 10.2 Å². The standard InChI is InChI=1S/C28H35ClN6O4S/c1-18(2)27(37)34-15-13-33(14-16-34)25-22(29)5-4-6-23(25)30-28(40)31-26(36)21-17-20(35(38)39)7-8-24(21)32-11-9-19(3)10-12-32/h4-8,17-19H,9-16H2,1-3H3,(H2,30,31,36,40). The number of benzene rings is 2. The SMILES string of the molecule is CC1CCN(c2ccc([N+](=O)[O-])cc2C(=O)NC(=S)Nc2cccc(Cl)c2N2CCN(C(=O)C(C)C)CC2)CC1. The van der Waals surface area contributed by atoms with Gasteiger partial charge in [0.05, 0.1) is 32.6 Å². The van der Waals surface area contributed by atoms with Crippen LogP contribution in [0.3, 0.4) is 0 Å². The number of rotatable bonds is 6. The Balaban J connectivity index is 1.50. The number of nitrogens with zero attached hydrogens (tertiary/aromatic N) is 4. The highest BCUT2D eigenvalue weighted by Gasteiger charge is 2.27. The number of amides is 2. The number of piperazine rings is 1. The lowest BCUT2D eigenvalue weighted by Gasteiger charge is -2.38. The maximum Gasteiger partial charge on any atom is 0.270 e. The molecule has 2 aliphatic heterocycles. The number of carbonyl (C=O) groups excluding carboxylic acids is 2. The van der Waals surface area contributed by atoms with Crippen molar-refractivity contribution in [2.75, 3.05) is 54.4 Å². The Hall–Kier alpha value is -3.44. The monoisotopic (exact) mass is 586 g/mol. The van der Waals surface area contributed by atoms with Crippen LogP contribution in [0.2, 0.25) is 5.02 Å². The average molecular weight is 587 g/mol. The van der Waals surface area contributed by atoms with E-state index in [4.69, 9.17) is 23.8 Å². The van der Waals surface area contributed by atoms with E-state index >= 15 is 0 Å². The highest BCUT2D eigenvalue weighted by molar-refractivity contribution is 7.80. The van der Waals surface area contributed by atoms with E-state index in [0.717, 1.165) is 31.6 Å². The highest BCUT2D eigenvalue weighted by atomic mass is 35.5. The topological polar surface area (TPSA) is 111 Å². The van der Waals surface area contributed by atoms with Gasteiger partial charge < -0.3 is 20.0 Å². The third-order valence-electron chi connectivity index (χ3n) is 7.42. The first-order valence-corrected chi connectivity index (χ1v) is 14.3. The minimum atomic E-state index is -0.529. The number of nitro groups is 1. The van der Waals surface area contributed by atoms with Gasteiger partial charge in [-0.3, -0.25) is 25.0 Å². The summed E-state index contributed by atoms with van der Waals surface area (Å²) in [5, 5.41) is 17.8. The fourth-order valence-corrected chi connectivity index (χ4v) is 5.62. The van der Waals surface area contributed by atoms with Crippen LogP contribution in [0.15, 0.2) is 36.4 Å². The average Bonchev–Trinajstić information content (AvgIpc) is 2.93. The summed E-state index contributed by atoms with van der Waals surface area (Å²) in [6.07, 6.45) is 1.96. The van der Waals surface area contributed by atoms with Crippen molar-refractivity contribution in [3.05, 3.63) is 57.1 Å². The highest BCUT2D eigenvalue weighted by Crippen LogP contribution is 2.35. The van der Waals surface area contributed by atoms with Crippen molar-refractivity contribution in [3.63, 3.8) is 0 Å². The molecule has 2 saturated heterocycles. The minimum absolute atomic E-state index is 0.0480. The van der Waals surface area contributed by atoms with Crippen LogP contribution in [0.4, 0.5) is 22.7 Å². The Kier molecular flexibility index (Phi) is 9.47. The van der Waals surface area contributed by atoms with Crippen molar-refractivity contribution in [1.29, 1.82) is 0 Å². The lowest BCUT2D eigenvalue weighted by atomic mass is 9.98. The number of hydrogen-bond acceptors (Lipinski definition) is 7. The number of halogens is 1. The number of nitro benzene ring substituents is 1. The van der Waals surface area contributed by atoms with Crippen molar-refractivity contribution >= 4 is 63.5 Å². The molecule has 40 heavy (non-hydrogen) atoms. The van der Waals surface area contributed by atoms with Gasteiger partial charge in [-0.15, -0.1) is 0 Å². The van der Waals surface area contributed by atoms with Gasteiger partial charge in [0.15, 0.2) is 5.11 Å². The van der Waals surface area contributed by atoms with E-state index in [1.54, 1.807) is 18.2 Å². The van der Waals surface area contributed by atoms with Crippen LogP contribution in [-0.2, 0) is 4.79 Å². The summed E-state index contributed by atoms with van der Waals surface area (Å²) in [5.74, 6) is 0.129. The molecular formula is C28H35ClN6O4S. The molecule has 214 valence electrons. The molecule has 12 heteroatoms. The zero-order valence-corrected chi connectivity index (χ0v) is 24.6. The predicted molar refractivity (Wildman–Crippen MR) is 162 cm³/mol. The Labute approximate surface area is 244 Å². The van der Waals surface area contributed by atoms with Gasteiger partial charge in [-0.2, -0.15) is 0 Å². The fraction of sp³-hybridized carbons (Fsp3) is 0.464. The molecule has 0 saturated carbocycles. The number of carbonyl (C=O) groups is 2. The second-order valence-corrected chi connectivity index (χ2v) is 11.5. The van der Waals surface area contributed by atoms with E-state index < -0.39 is 10.8 Å². The molecule has 2 aromatic rings. The second kappa shape index (κ2) is 12.8. The fourth-order valence-electron chi connectivity index (χ4n) is 5.12. The third-order valence-corrected chi connectivity index (χ3v) is 7.93. The van der Waals surface area contributed by atoms with Crippen LogP contribution in [0.5, 0.6) is 0 Å². The van der Waals surface area contributed by atoms with Gasteiger partial charge >= 0.3 is 0 Å². The molecule has 2 N–H and O–H groups in total. The Morgan fingerprint density at radius 3 is 2.35 bits per heavy atom. The van der Waals surface area contributed by atoms with Gasteiger partial charge in [-0.1, -0.05) is 38.4 Å². The van der Waals surface area contributed by atoms with E-state index in [-0.39, 0.29) is 28.2 Å². The lowest BCUT2D eigenvalue weighted by Crippen LogP contribution is -2.50. The van der Waals surface area contributed by atoms with Crippen LogP contribution >= 0.6 is 23.8 Å². The number of hydrogen-bond donors (Lipinski definition) is 2. The smallest absolute Gasteiger partial charge is 0.270 e. The van der Waals surface area contributed by atoms with Gasteiger partial charge in [0.25, 0.3) is 11.6 Å². The summed E-state index contributed by atoms with van der Waals surface area (Å²) in [4.78, 5) is 42.8. The molecule has 2 heterocycles. The summed E-state index contributed by atoms with van der Waals surface area (Å²) < 4.78 is 0. The zero-order chi connectivity index (χ0) is 29.0. The van der Waals surface area contributed by atoms with Crippen LogP contribution in [0.1, 0.15) is 44.0 Å². The second-order valence-electron chi connectivity index (χ2n) is 10.6. The van der Waals surface area contributed by atoms with Gasteiger partial charge in [0.1, 0.15) is 0 Å². The molecule has 0 radical (unpaired) electrons. The van der Waals surface area contributed by atoms with Gasteiger partial charge in [-0.25, -0.2) is 0 Å². The molecule has 0 bridgehead atoms. The molecule has 0 spiro atoms. The minimum Gasteiger partial charge on any atom is -0.371 e. The Bertz CT molecular complexity index is 1290. The first-order valence-electron chi connectivity index (χ1n) is 13.5. The van der Waals surface area contributed by atoms with Crippen molar-refractivity contribution in [2.24, 2.45) is 11.8 Å². The number of non-ortho nitro benzene ring substituents is 1. The summed E-state index contributed by atoms with van der Waals surface area (Å²) in [6.45, 7) is 9.87. The lowest BCUT2D eigenvalue weighted by molar-refractivity contribution is -0.384. The van der Waals surface area contributed by atoms with Crippen molar-refractivity contribution < 1.29 is 14.5 Å². The maximum atomic E-state index is 13.4. The number of nitrogens with one attached hydrogen (secondary N) is 2. The maximum absolute atomic E-state index is 13.4. The van der Waals surface area contributed by atoms with Crippen molar-refractivity contribution in [2.45, 2.75) is 33.6 Å². The summed E-state index contributed by atoms with van der Waals surface area (Å²) in [6, 6.07) is 9.75. The van der Waals surface area contributed by atoms with Crippen molar-refractivity contribution in [3.8, 4) is 0 Å². The number of piperidine rings is 1. The molecule has 10 nitrogen and oxygen atoms in total. The molecule has 2 amide bonds. The number of thiocarbonyl (C=S) groups is 1.